The Bertz CT molecular complexity index is 153. The van der Waals surface area contributed by atoms with E-state index in [1.54, 1.807) is 0 Å². The highest BCUT2D eigenvalue weighted by Gasteiger charge is 2.46. The summed E-state index contributed by atoms with van der Waals surface area (Å²) in [7, 11) is 0. The highest BCUT2D eigenvalue weighted by Crippen LogP contribution is 2.50. The summed E-state index contributed by atoms with van der Waals surface area (Å²) in [6.07, 6.45) is 4.24. The molecule has 0 saturated heterocycles. The van der Waals surface area contributed by atoms with Crippen LogP contribution in [0.4, 0.5) is 0 Å². The fraction of sp³-hybridized carbons (Fsp3) is 1.00. The molecule has 4 atom stereocenters. The Morgan fingerprint density at radius 1 is 1.27 bits per heavy atom. The molecule has 1 nitrogen and oxygen atoms in total. The predicted octanol–water partition coefficient (Wildman–Crippen LogP) is 2.02. The Hall–Kier alpha value is -0.0400. The molecule has 2 aliphatic rings. The first-order chi connectivity index (χ1) is 5.20. The summed E-state index contributed by atoms with van der Waals surface area (Å²) in [6.45, 7) is 4.69. The molecule has 2 aliphatic carbocycles. The van der Waals surface area contributed by atoms with E-state index in [-0.39, 0.29) is 0 Å². The van der Waals surface area contributed by atoms with E-state index in [1.807, 2.05) is 0 Å². The van der Waals surface area contributed by atoms with Gasteiger partial charge >= 0.3 is 0 Å². The van der Waals surface area contributed by atoms with Crippen molar-refractivity contribution in [1.82, 2.24) is 0 Å². The van der Waals surface area contributed by atoms with Crippen molar-refractivity contribution in [3.05, 3.63) is 0 Å². The molecule has 2 bridgehead atoms. The van der Waals surface area contributed by atoms with Crippen molar-refractivity contribution in [2.24, 2.45) is 29.4 Å². The molecule has 0 aliphatic heterocycles. The van der Waals surface area contributed by atoms with Gasteiger partial charge < -0.3 is 5.73 Å². The zero-order chi connectivity index (χ0) is 8.01. The van der Waals surface area contributed by atoms with Crippen LogP contribution in [-0.2, 0) is 0 Å². The van der Waals surface area contributed by atoms with Crippen molar-refractivity contribution < 1.29 is 0 Å². The van der Waals surface area contributed by atoms with Crippen LogP contribution >= 0.6 is 0 Å². The second-order valence-electron chi connectivity index (χ2n) is 4.72. The molecule has 64 valence electrons. The van der Waals surface area contributed by atoms with Gasteiger partial charge in [-0.3, -0.25) is 0 Å². The molecular weight excluding hydrogens is 134 g/mol. The summed E-state index contributed by atoms with van der Waals surface area (Å²) in [5, 5.41) is 0. The highest BCUT2D eigenvalue weighted by molar-refractivity contribution is 4.99. The van der Waals surface area contributed by atoms with Crippen LogP contribution in [0, 0.1) is 23.7 Å². The minimum Gasteiger partial charge on any atom is -0.327 e. The van der Waals surface area contributed by atoms with Crippen LogP contribution in [-0.4, -0.2) is 6.04 Å². The number of fused-ring (bicyclic) bond motifs is 2. The maximum atomic E-state index is 6.11. The molecule has 0 amide bonds. The Balaban J connectivity index is 2.09. The lowest BCUT2D eigenvalue weighted by Crippen LogP contribution is -2.27. The SMILES string of the molecule is CC(C)C1CC2CCC1[C@@H]2N. The molecule has 11 heavy (non-hydrogen) atoms. The molecule has 2 saturated carbocycles. The highest BCUT2D eigenvalue weighted by atomic mass is 14.7. The average Bonchev–Trinajstić information content (AvgIpc) is 2.46. The maximum absolute atomic E-state index is 6.11. The van der Waals surface area contributed by atoms with Crippen LogP contribution < -0.4 is 5.73 Å². The van der Waals surface area contributed by atoms with Crippen molar-refractivity contribution in [2.45, 2.75) is 39.2 Å². The molecule has 2 N–H and O–H groups in total. The zero-order valence-corrected chi connectivity index (χ0v) is 7.59. The minimum absolute atomic E-state index is 0.558. The molecular formula is C10H19N. The molecule has 0 heterocycles. The second kappa shape index (κ2) is 2.48. The van der Waals surface area contributed by atoms with Gasteiger partial charge in [0, 0.05) is 6.04 Å². The van der Waals surface area contributed by atoms with Crippen LogP contribution in [0.5, 0.6) is 0 Å². The number of nitrogens with two attached hydrogens (primary N) is 1. The molecule has 0 aromatic heterocycles. The topological polar surface area (TPSA) is 26.0 Å². The van der Waals surface area contributed by atoms with Gasteiger partial charge in [0.05, 0.1) is 0 Å². The summed E-state index contributed by atoms with van der Waals surface area (Å²) >= 11 is 0. The fourth-order valence-electron chi connectivity index (χ4n) is 3.21. The Labute approximate surface area is 69.4 Å². The average molecular weight is 153 g/mol. The summed E-state index contributed by atoms with van der Waals surface area (Å²) in [6, 6.07) is 0.558. The Kier molecular flexibility index (Phi) is 1.71. The van der Waals surface area contributed by atoms with Crippen molar-refractivity contribution in [3.63, 3.8) is 0 Å². The van der Waals surface area contributed by atoms with Gasteiger partial charge in [0.25, 0.3) is 0 Å². The third kappa shape index (κ3) is 1.01. The maximum Gasteiger partial charge on any atom is 0.00984 e. The van der Waals surface area contributed by atoms with E-state index in [0.717, 1.165) is 23.7 Å². The Morgan fingerprint density at radius 3 is 2.27 bits per heavy atom. The first-order valence-corrected chi connectivity index (χ1v) is 4.95. The smallest absolute Gasteiger partial charge is 0.00984 e. The van der Waals surface area contributed by atoms with Crippen molar-refractivity contribution in [3.8, 4) is 0 Å². The molecule has 0 spiro atoms. The summed E-state index contributed by atoms with van der Waals surface area (Å²) in [4.78, 5) is 0. The first-order valence-electron chi connectivity index (χ1n) is 4.95. The van der Waals surface area contributed by atoms with Gasteiger partial charge in [0.1, 0.15) is 0 Å². The third-order valence-electron chi connectivity index (χ3n) is 3.89. The summed E-state index contributed by atoms with van der Waals surface area (Å²) < 4.78 is 0. The normalized spacial score (nSPS) is 49.1. The van der Waals surface area contributed by atoms with E-state index in [4.69, 9.17) is 5.73 Å². The lowest BCUT2D eigenvalue weighted by molar-refractivity contribution is 0.253. The molecule has 3 unspecified atom stereocenters. The minimum atomic E-state index is 0.558. The van der Waals surface area contributed by atoms with E-state index >= 15 is 0 Å². The molecule has 0 aromatic rings. The predicted molar refractivity (Wildman–Crippen MR) is 47.1 cm³/mol. The van der Waals surface area contributed by atoms with Crippen LogP contribution in [0.25, 0.3) is 0 Å². The summed E-state index contributed by atoms with van der Waals surface area (Å²) in [5.74, 6) is 3.56. The van der Waals surface area contributed by atoms with Crippen LogP contribution in [0.3, 0.4) is 0 Å². The van der Waals surface area contributed by atoms with Crippen molar-refractivity contribution in [2.75, 3.05) is 0 Å². The number of hydrogen-bond donors (Lipinski definition) is 1. The van der Waals surface area contributed by atoms with Gasteiger partial charge in [-0.15, -0.1) is 0 Å². The lowest BCUT2D eigenvalue weighted by atomic mass is 9.81. The van der Waals surface area contributed by atoms with E-state index in [2.05, 4.69) is 13.8 Å². The van der Waals surface area contributed by atoms with E-state index in [0.29, 0.717) is 6.04 Å². The first kappa shape index (κ1) is 7.60. The van der Waals surface area contributed by atoms with Crippen LogP contribution in [0.15, 0.2) is 0 Å². The Morgan fingerprint density at radius 2 is 2.00 bits per heavy atom. The van der Waals surface area contributed by atoms with Gasteiger partial charge in [-0.2, -0.15) is 0 Å². The van der Waals surface area contributed by atoms with E-state index in [9.17, 15) is 0 Å². The summed E-state index contributed by atoms with van der Waals surface area (Å²) in [5.41, 5.74) is 6.11. The van der Waals surface area contributed by atoms with Crippen molar-refractivity contribution in [1.29, 1.82) is 0 Å². The standard InChI is InChI=1S/C10H19N/c1-6(2)9-5-7-3-4-8(9)10(7)11/h6-10H,3-5,11H2,1-2H3/t7?,8?,9?,10-/m1/s1. The van der Waals surface area contributed by atoms with Gasteiger partial charge in [0.2, 0.25) is 0 Å². The quantitative estimate of drug-likeness (QED) is 0.612. The number of rotatable bonds is 1. The van der Waals surface area contributed by atoms with Crippen LogP contribution in [0.1, 0.15) is 33.1 Å². The fourth-order valence-corrected chi connectivity index (χ4v) is 3.21. The molecule has 0 radical (unpaired) electrons. The van der Waals surface area contributed by atoms with E-state index < -0.39 is 0 Å². The van der Waals surface area contributed by atoms with Gasteiger partial charge in [-0.25, -0.2) is 0 Å². The molecule has 1 heteroatoms. The van der Waals surface area contributed by atoms with Gasteiger partial charge in [-0.1, -0.05) is 13.8 Å². The second-order valence-corrected chi connectivity index (χ2v) is 4.72. The van der Waals surface area contributed by atoms with Gasteiger partial charge in [-0.05, 0) is 42.9 Å². The monoisotopic (exact) mass is 153 g/mol. The molecule has 2 rings (SSSR count). The lowest BCUT2D eigenvalue weighted by Gasteiger charge is -2.25. The van der Waals surface area contributed by atoms with E-state index in [1.165, 1.54) is 19.3 Å². The molecule has 0 aromatic carbocycles. The number of hydrogen-bond acceptors (Lipinski definition) is 1. The van der Waals surface area contributed by atoms with Crippen molar-refractivity contribution >= 4 is 0 Å². The molecule has 2 fully saturated rings. The third-order valence-corrected chi connectivity index (χ3v) is 3.89. The van der Waals surface area contributed by atoms with Gasteiger partial charge in [0.15, 0.2) is 0 Å². The van der Waals surface area contributed by atoms with Crippen LogP contribution in [0.2, 0.25) is 0 Å². The zero-order valence-electron chi connectivity index (χ0n) is 7.59. The largest absolute Gasteiger partial charge is 0.327 e.